The van der Waals surface area contributed by atoms with Gasteiger partial charge in [-0.2, -0.15) is 5.10 Å². The van der Waals surface area contributed by atoms with Gasteiger partial charge in [0, 0.05) is 30.1 Å². The quantitative estimate of drug-likeness (QED) is 0.505. The van der Waals surface area contributed by atoms with Gasteiger partial charge in [0.05, 0.1) is 13.7 Å². The number of hydrogen-bond donors (Lipinski definition) is 1. The van der Waals surface area contributed by atoms with E-state index in [-0.39, 0.29) is 5.91 Å². The highest BCUT2D eigenvalue weighted by Crippen LogP contribution is 2.36. The number of ether oxygens (including phenoxy) is 2. The van der Waals surface area contributed by atoms with E-state index in [0.29, 0.717) is 25.4 Å². The molecule has 3 heterocycles. The first-order valence-corrected chi connectivity index (χ1v) is 10.4. The van der Waals surface area contributed by atoms with E-state index in [4.69, 9.17) is 14.6 Å². The van der Waals surface area contributed by atoms with Gasteiger partial charge in [0.15, 0.2) is 0 Å². The summed E-state index contributed by atoms with van der Waals surface area (Å²) in [6.45, 7) is 1.67. The molecule has 4 aromatic rings. The van der Waals surface area contributed by atoms with E-state index in [9.17, 15) is 4.79 Å². The largest absolute Gasteiger partial charge is 0.497 e. The van der Waals surface area contributed by atoms with Gasteiger partial charge in [0.2, 0.25) is 0 Å². The highest BCUT2D eigenvalue weighted by Gasteiger charge is 2.27. The smallest absolute Gasteiger partial charge is 0.270 e. The zero-order chi connectivity index (χ0) is 21.9. The minimum Gasteiger partial charge on any atom is -0.497 e. The van der Waals surface area contributed by atoms with Crippen LogP contribution in [0.4, 0.5) is 0 Å². The number of pyridine rings is 1. The number of amides is 1. The molecule has 1 aliphatic rings. The summed E-state index contributed by atoms with van der Waals surface area (Å²) in [5.74, 6) is 1.45. The lowest BCUT2D eigenvalue weighted by atomic mass is 9.98. The molecule has 1 aliphatic heterocycles. The summed E-state index contributed by atoms with van der Waals surface area (Å²) in [6, 6.07) is 19.4. The first kappa shape index (κ1) is 19.8. The third-order valence-corrected chi connectivity index (χ3v) is 5.44. The summed E-state index contributed by atoms with van der Waals surface area (Å²) >= 11 is 0. The lowest BCUT2D eigenvalue weighted by molar-refractivity contribution is 0.0925. The number of carbonyl (C=O) groups excluding carboxylic acids is 1. The Kier molecular flexibility index (Phi) is 5.29. The zero-order valence-electron chi connectivity index (χ0n) is 17.6. The Balaban J connectivity index is 1.44. The van der Waals surface area contributed by atoms with Crippen LogP contribution in [0.3, 0.4) is 0 Å². The standard InChI is InChI=1S/C25H22N4O3/c1-31-20-6-2-17(3-7-20)16-32-21-8-4-18(5-9-21)22-23(19-10-12-26-13-11-19)28-29-15-14-27-25(30)24(22)29/h2-13H,14-16H2,1H3,(H,27,30). The van der Waals surface area contributed by atoms with Gasteiger partial charge >= 0.3 is 0 Å². The molecule has 0 aliphatic carbocycles. The average molecular weight is 426 g/mol. The van der Waals surface area contributed by atoms with Crippen molar-refractivity contribution in [3.8, 4) is 33.9 Å². The molecule has 7 nitrogen and oxygen atoms in total. The summed E-state index contributed by atoms with van der Waals surface area (Å²) in [4.78, 5) is 16.8. The lowest BCUT2D eigenvalue weighted by Crippen LogP contribution is -2.35. The molecule has 5 rings (SSSR count). The fraction of sp³-hybridized carbons (Fsp3) is 0.160. The Morgan fingerprint density at radius 3 is 2.38 bits per heavy atom. The topological polar surface area (TPSA) is 78.3 Å². The molecule has 0 unspecified atom stereocenters. The van der Waals surface area contributed by atoms with Crippen LogP contribution in [-0.2, 0) is 13.2 Å². The molecule has 0 saturated carbocycles. The van der Waals surface area contributed by atoms with Gasteiger partial charge in [-0.25, -0.2) is 0 Å². The molecule has 160 valence electrons. The van der Waals surface area contributed by atoms with E-state index in [0.717, 1.165) is 39.4 Å². The summed E-state index contributed by atoms with van der Waals surface area (Å²) in [5.41, 5.74) is 5.05. The van der Waals surface area contributed by atoms with Crippen LogP contribution in [0, 0.1) is 0 Å². The SMILES string of the molecule is COc1ccc(COc2ccc(-c3c(-c4ccncc4)nn4c3C(=O)NCC4)cc2)cc1. The summed E-state index contributed by atoms with van der Waals surface area (Å²) in [7, 11) is 1.65. The van der Waals surface area contributed by atoms with Crippen molar-refractivity contribution in [3.05, 3.63) is 84.3 Å². The third-order valence-electron chi connectivity index (χ3n) is 5.44. The molecule has 1 N–H and O–H groups in total. The molecule has 2 aromatic carbocycles. The fourth-order valence-corrected chi connectivity index (χ4v) is 3.81. The maximum atomic E-state index is 12.7. The number of nitrogens with zero attached hydrogens (tertiary/aromatic N) is 3. The molecule has 32 heavy (non-hydrogen) atoms. The van der Waals surface area contributed by atoms with Crippen molar-refractivity contribution < 1.29 is 14.3 Å². The van der Waals surface area contributed by atoms with E-state index >= 15 is 0 Å². The number of rotatable bonds is 6. The minimum atomic E-state index is -0.112. The fourth-order valence-electron chi connectivity index (χ4n) is 3.81. The summed E-state index contributed by atoms with van der Waals surface area (Å²) < 4.78 is 12.9. The zero-order valence-corrected chi connectivity index (χ0v) is 17.6. The van der Waals surface area contributed by atoms with Crippen molar-refractivity contribution in [1.82, 2.24) is 20.1 Å². The Bertz CT molecular complexity index is 1230. The molecular formula is C25H22N4O3. The molecule has 0 saturated heterocycles. The highest BCUT2D eigenvalue weighted by atomic mass is 16.5. The van der Waals surface area contributed by atoms with Crippen molar-refractivity contribution in [2.75, 3.05) is 13.7 Å². The van der Waals surface area contributed by atoms with E-state index in [1.54, 1.807) is 24.2 Å². The molecule has 0 fully saturated rings. The predicted octanol–water partition coefficient (Wildman–Crippen LogP) is 3.94. The van der Waals surface area contributed by atoms with Crippen molar-refractivity contribution in [2.24, 2.45) is 0 Å². The van der Waals surface area contributed by atoms with E-state index < -0.39 is 0 Å². The van der Waals surface area contributed by atoms with Gasteiger partial charge in [-0.05, 0) is 47.5 Å². The van der Waals surface area contributed by atoms with Crippen LogP contribution in [0.1, 0.15) is 16.1 Å². The number of carbonyl (C=O) groups is 1. The molecular weight excluding hydrogens is 404 g/mol. The van der Waals surface area contributed by atoms with Gasteiger partial charge in [0.1, 0.15) is 29.5 Å². The second-order valence-electron chi connectivity index (χ2n) is 7.45. The molecule has 1 amide bonds. The predicted molar refractivity (Wildman–Crippen MR) is 121 cm³/mol. The molecule has 0 bridgehead atoms. The van der Waals surface area contributed by atoms with Crippen LogP contribution in [0.2, 0.25) is 0 Å². The Labute approximate surface area is 185 Å². The van der Waals surface area contributed by atoms with Gasteiger partial charge in [-0.15, -0.1) is 0 Å². The summed E-state index contributed by atoms with van der Waals surface area (Å²) in [6.07, 6.45) is 3.46. The van der Waals surface area contributed by atoms with Crippen LogP contribution in [0.5, 0.6) is 11.5 Å². The number of nitrogens with one attached hydrogen (secondary N) is 1. The van der Waals surface area contributed by atoms with Crippen LogP contribution >= 0.6 is 0 Å². The van der Waals surface area contributed by atoms with Crippen LogP contribution in [0.25, 0.3) is 22.4 Å². The molecule has 0 spiro atoms. The van der Waals surface area contributed by atoms with E-state index in [1.165, 1.54) is 0 Å². The van der Waals surface area contributed by atoms with Crippen molar-refractivity contribution in [3.63, 3.8) is 0 Å². The Morgan fingerprint density at radius 2 is 1.66 bits per heavy atom. The maximum absolute atomic E-state index is 12.7. The molecule has 7 heteroatoms. The minimum absolute atomic E-state index is 0.112. The first-order valence-electron chi connectivity index (χ1n) is 10.4. The Morgan fingerprint density at radius 1 is 0.938 bits per heavy atom. The van der Waals surface area contributed by atoms with Crippen molar-refractivity contribution >= 4 is 5.91 Å². The second-order valence-corrected chi connectivity index (χ2v) is 7.45. The normalized spacial score (nSPS) is 12.7. The number of aromatic nitrogens is 3. The van der Waals surface area contributed by atoms with Crippen molar-refractivity contribution in [2.45, 2.75) is 13.2 Å². The summed E-state index contributed by atoms with van der Waals surface area (Å²) in [5, 5.41) is 7.67. The van der Waals surface area contributed by atoms with Gasteiger partial charge in [-0.1, -0.05) is 24.3 Å². The average Bonchev–Trinajstić information content (AvgIpc) is 3.25. The number of hydrogen-bond acceptors (Lipinski definition) is 5. The third kappa shape index (κ3) is 3.80. The van der Waals surface area contributed by atoms with Crippen molar-refractivity contribution in [1.29, 1.82) is 0 Å². The van der Waals surface area contributed by atoms with Gasteiger partial charge in [-0.3, -0.25) is 14.5 Å². The van der Waals surface area contributed by atoms with Gasteiger partial charge in [0.25, 0.3) is 5.91 Å². The molecule has 0 radical (unpaired) electrons. The lowest BCUT2D eigenvalue weighted by Gasteiger charge is -2.15. The molecule has 2 aromatic heterocycles. The Hall–Kier alpha value is -4.13. The number of fused-ring (bicyclic) bond motifs is 1. The van der Waals surface area contributed by atoms with Crippen LogP contribution in [-0.4, -0.2) is 34.3 Å². The second kappa shape index (κ2) is 8.55. The van der Waals surface area contributed by atoms with Crippen LogP contribution in [0.15, 0.2) is 73.1 Å². The van der Waals surface area contributed by atoms with Gasteiger partial charge < -0.3 is 14.8 Å². The molecule has 0 atom stereocenters. The maximum Gasteiger partial charge on any atom is 0.270 e. The van der Waals surface area contributed by atoms with E-state index in [2.05, 4.69) is 10.3 Å². The number of methoxy groups -OCH3 is 1. The van der Waals surface area contributed by atoms with Crippen LogP contribution < -0.4 is 14.8 Å². The van der Waals surface area contributed by atoms with E-state index in [1.807, 2.05) is 60.7 Å². The monoisotopic (exact) mass is 426 g/mol. The first-order chi connectivity index (χ1) is 15.7. The highest BCUT2D eigenvalue weighted by molar-refractivity contribution is 6.03. The number of benzene rings is 2.